The first-order chi connectivity index (χ1) is 14.2. The van der Waals surface area contributed by atoms with Crippen LogP contribution < -0.4 is 5.32 Å². The molecular weight excluding hydrogens is 402 g/mol. The van der Waals surface area contributed by atoms with Gasteiger partial charge < -0.3 is 5.32 Å². The van der Waals surface area contributed by atoms with Crippen molar-refractivity contribution in [2.75, 3.05) is 25.0 Å². The molecule has 0 unspecified atom stereocenters. The van der Waals surface area contributed by atoms with Crippen LogP contribution in [0.25, 0.3) is 11.3 Å². The summed E-state index contributed by atoms with van der Waals surface area (Å²) in [6.07, 6.45) is 3.41. The minimum absolute atomic E-state index is 0.00326. The Hall–Kier alpha value is -2.21. The van der Waals surface area contributed by atoms with Crippen molar-refractivity contribution in [1.82, 2.24) is 9.88 Å². The molecular formula is C23H24ClN3OS. The third kappa shape index (κ3) is 5.66. The number of piperidine rings is 1. The fraction of sp³-hybridized carbons (Fsp3) is 0.304. The van der Waals surface area contributed by atoms with Gasteiger partial charge in [-0.3, -0.25) is 9.69 Å². The maximum atomic E-state index is 12.4. The SMILES string of the molecule is O=C(CN1CCC(Cc2ccccc2)CC1)Nc1nc(-c2ccc(Cl)cc2)cs1. The Morgan fingerprint density at radius 2 is 1.83 bits per heavy atom. The number of aromatic nitrogens is 1. The molecule has 0 saturated carbocycles. The van der Waals surface area contributed by atoms with Crippen LogP contribution in [0.2, 0.25) is 5.02 Å². The van der Waals surface area contributed by atoms with Gasteiger partial charge in [0.25, 0.3) is 0 Å². The van der Waals surface area contributed by atoms with E-state index >= 15 is 0 Å². The average molecular weight is 426 g/mol. The second-order valence-electron chi connectivity index (χ2n) is 7.50. The van der Waals surface area contributed by atoms with E-state index in [4.69, 9.17) is 11.6 Å². The summed E-state index contributed by atoms with van der Waals surface area (Å²) in [5.41, 5.74) is 3.25. The molecule has 4 rings (SSSR count). The Morgan fingerprint density at radius 1 is 1.10 bits per heavy atom. The molecule has 150 valence electrons. The van der Waals surface area contributed by atoms with E-state index in [-0.39, 0.29) is 5.91 Å². The molecule has 1 N–H and O–H groups in total. The van der Waals surface area contributed by atoms with Gasteiger partial charge in [0.05, 0.1) is 12.2 Å². The van der Waals surface area contributed by atoms with E-state index in [2.05, 4.69) is 45.5 Å². The molecule has 1 fully saturated rings. The predicted molar refractivity (Wildman–Crippen MR) is 120 cm³/mol. The van der Waals surface area contributed by atoms with E-state index in [1.165, 1.54) is 16.9 Å². The van der Waals surface area contributed by atoms with Crippen LogP contribution in [0, 0.1) is 5.92 Å². The number of hydrogen-bond acceptors (Lipinski definition) is 4. The minimum atomic E-state index is 0.00326. The van der Waals surface area contributed by atoms with Crippen molar-refractivity contribution in [3.8, 4) is 11.3 Å². The van der Waals surface area contributed by atoms with Crippen LogP contribution in [0.3, 0.4) is 0 Å². The second-order valence-corrected chi connectivity index (χ2v) is 8.80. The van der Waals surface area contributed by atoms with Crippen LogP contribution in [-0.4, -0.2) is 35.4 Å². The van der Waals surface area contributed by atoms with Crippen molar-refractivity contribution in [2.45, 2.75) is 19.3 Å². The van der Waals surface area contributed by atoms with Crippen LogP contribution in [-0.2, 0) is 11.2 Å². The van der Waals surface area contributed by atoms with Gasteiger partial charge >= 0.3 is 0 Å². The van der Waals surface area contributed by atoms with Crippen LogP contribution >= 0.6 is 22.9 Å². The number of amides is 1. The van der Waals surface area contributed by atoms with Gasteiger partial charge in [-0.25, -0.2) is 4.98 Å². The highest BCUT2D eigenvalue weighted by molar-refractivity contribution is 7.14. The Labute approximate surface area is 180 Å². The monoisotopic (exact) mass is 425 g/mol. The molecule has 0 bridgehead atoms. The van der Waals surface area contributed by atoms with E-state index in [1.54, 1.807) is 0 Å². The fourth-order valence-electron chi connectivity index (χ4n) is 3.74. The summed E-state index contributed by atoms with van der Waals surface area (Å²) in [5, 5.41) is 6.23. The molecule has 1 aliphatic heterocycles. The number of rotatable bonds is 6. The van der Waals surface area contributed by atoms with Crippen LogP contribution in [0.5, 0.6) is 0 Å². The molecule has 2 aromatic carbocycles. The molecule has 0 spiro atoms. The number of benzene rings is 2. The van der Waals surface area contributed by atoms with Gasteiger partial charge in [0.2, 0.25) is 5.91 Å². The second kappa shape index (κ2) is 9.53. The Kier molecular flexibility index (Phi) is 6.60. The largest absolute Gasteiger partial charge is 0.301 e. The van der Waals surface area contributed by atoms with Gasteiger partial charge in [0.15, 0.2) is 5.13 Å². The number of carbonyl (C=O) groups is 1. The molecule has 4 nitrogen and oxygen atoms in total. The average Bonchev–Trinajstić information content (AvgIpc) is 3.19. The molecule has 0 radical (unpaired) electrons. The lowest BCUT2D eigenvalue weighted by molar-refractivity contribution is -0.117. The number of hydrogen-bond donors (Lipinski definition) is 1. The summed E-state index contributed by atoms with van der Waals surface area (Å²) < 4.78 is 0. The highest BCUT2D eigenvalue weighted by atomic mass is 35.5. The van der Waals surface area contributed by atoms with E-state index in [0.717, 1.165) is 43.6 Å². The minimum Gasteiger partial charge on any atom is -0.301 e. The smallest absolute Gasteiger partial charge is 0.240 e. The highest BCUT2D eigenvalue weighted by Gasteiger charge is 2.21. The summed E-state index contributed by atoms with van der Waals surface area (Å²) in [4.78, 5) is 19.2. The highest BCUT2D eigenvalue weighted by Crippen LogP contribution is 2.26. The third-order valence-corrected chi connectivity index (χ3v) is 6.34. The van der Waals surface area contributed by atoms with Gasteiger partial charge in [-0.2, -0.15) is 0 Å². The molecule has 0 aliphatic carbocycles. The Morgan fingerprint density at radius 3 is 2.55 bits per heavy atom. The normalized spacial score (nSPS) is 15.3. The number of nitrogens with one attached hydrogen (secondary N) is 1. The van der Waals surface area contributed by atoms with Crippen molar-refractivity contribution in [3.05, 3.63) is 70.6 Å². The zero-order valence-electron chi connectivity index (χ0n) is 16.2. The molecule has 2 heterocycles. The number of carbonyl (C=O) groups excluding carboxylic acids is 1. The van der Waals surface area contributed by atoms with E-state index in [0.29, 0.717) is 22.6 Å². The number of thiazole rings is 1. The van der Waals surface area contributed by atoms with Gasteiger partial charge in [-0.1, -0.05) is 54.1 Å². The first-order valence-electron chi connectivity index (χ1n) is 9.93. The lowest BCUT2D eigenvalue weighted by Crippen LogP contribution is -2.39. The quantitative estimate of drug-likeness (QED) is 0.578. The summed E-state index contributed by atoms with van der Waals surface area (Å²) >= 11 is 7.38. The number of anilines is 1. The van der Waals surface area contributed by atoms with Crippen molar-refractivity contribution in [1.29, 1.82) is 0 Å². The molecule has 0 atom stereocenters. The lowest BCUT2D eigenvalue weighted by Gasteiger charge is -2.31. The molecule has 1 aromatic heterocycles. The number of nitrogens with zero attached hydrogens (tertiary/aromatic N) is 2. The predicted octanol–water partition coefficient (Wildman–Crippen LogP) is 5.36. The molecule has 1 saturated heterocycles. The van der Waals surface area contributed by atoms with E-state index in [1.807, 2.05) is 29.6 Å². The molecule has 6 heteroatoms. The molecule has 3 aromatic rings. The number of likely N-dealkylation sites (tertiary alicyclic amines) is 1. The number of halogens is 1. The van der Waals surface area contributed by atoms with Crippen molar-refractivity contribution in [3.63, 3.8) is 0 Å². The van der Waals surface area contributed by atoms with Gasteiger partial charge in [-0.05, 0) is 56.0 Å². The third-order valence-electron chi connectivity index (χ3n) is 5.33. The van der Waals surface area contributed by atoms with Gasteiger partial charge in [0, 0.05) is 16.0 Å². The van der Waals surface area contributed by atoms with Gasteiger partial charge in [0.1, 0.15) is 0 Å². The zero-order valence-corrected chi connectivity index (χ0v) is 17.8. The first kappa shape index (κ1) is 20.1. The van der Waals surface area contributed by atoms with E-state index < -0.39 is 0 Å². The zero-order chi connectivity index (χ0) is 20.1. The summed E-state index contributed by atoms with van der Waals surface area (Å²) in [5.74, 6) is 0.709. The van der Waals surface area contributed by atoms with Gasteiger partial charge in [-0.15, -0.1) is 11.3 Å². The maximum absolute atomic E-state index is 12.4. The fourth-order valence-corrected chi connectivity index (χ4v) is 4.60. The molecule has 29 heavy (non-hydrogen) atoms. The van der Waals surface area contributed by atoms with Crippen LogP contribution in [0.15, 0.2) is 60.0 Å². The molecule has 1 aliphatic rings. The summed E-state index contributed by atoms with van der Waals surface area (Å²) in [6.45, 7) is 2.37. The first-order valence-corrected chi connectivity index (χ1v) is 11.2. The summed E-state index contributed by atoms with van der Waals surface area (Å²) in [6, 6.07) is 18.2. The van der Waals surface area contributed by atoms with Crippen LogP contribution in [0.4, 0.5) is 5.13 Å². The van der Waals surface area contributed by atoms with Crippen LogP contribution in [0.1, 0.15) is 18.4 Å². The maximum Gasteiger partial charge on any atom is 0.240 e. The summed E-state index contributed by atoms with van der Waals surface area (Å²) in [7, 11) is 0. The Bertz CT molecular complexity index is 934. The topological polar surface area (TPSA) is 45.2 Å². The van der Waals surface area contributed by atoms with E-state index in [9.17, 15) is 4.79 Å². The Balaban J connectivity index is 1.24. The van der Waals surface area contributed by atoms with Crippen molar-refractivity contribution < 1.29 is 4.79 Å². The van der Waals surface area contributed by atoms with Crippen molar-refractivity contribution in [2.24, 2.45) is 5.92 Å². The lowest BCUT2D eigenvalue weighted by atomic mass is 9.90. The molecule has 1 amide bonds. The standard InChI is InChI=1S/C23H24ClN3OS/c24-20-8-6-19(7-9-20)21-16-29-23(25-21)26-22(28)15-27-12-10-18(11-13-27)14-17-4-2-1-3-5-17/h1-9,16,18H,10-15H2,(H,25,26,28). The van der Waals surface area contributed by atoms with Crippen molar-refractivity contribution >= 4 is 34.0 Å².